The predicted octanol–water partition coefficient (Wildman–Crippen LogP) is 3.07. The first-order valence-corrected chi connectivity index (χ1v) is 9.01. The highest BCUT2D eigenvalue weighted by Gasteiger charge is 2.51. The molecule has 2 fully saturated rings. The van der Waals surface area contributed by atoms with Gasteiger partial charge >= 0.3 is 0 Å². The fourth-order valence-electron chi connectivity index (χ4n) is 4.35. The lowest BCUT2D eigenvalue weighted by atomic mass is 9.70. The molecule has 0 unspecified atom stereocenters. The molecule has 2 aliphatic carbocycles. The van der Waals surface area contributed by atoms with Gasteiger partial charge in [0.1, 0.15) is 0 Å². The number of pyridine rings is 1. The number of hydrogen-bond donors (Lipinski definition) is 1. The highest BCUT2D eigenvalue weighted by atomic mass is 16.2. The van der Waals surface area contributed by atoms with Crippen LogP contribution in [0.1, 0.15) is 71.2 Å². The first-order chi connectivity index (χ1) is 11.7. The Morgan fingerprint density at radius 3 is 2.83 bits per heavy atom. The van der Waals surface area contributed by atoms with Gasteiger partial charge in [-0.05, 0) is 51.2 Å². The van der Waals surface area contributed by atoms with Crippen LogP contribution in [0.2, 0.25) is 0 Å². The van der Waals surface area contributed by atoms with Gasteiger partial charge in [-0.1, -0.05) is 0 Å². The first kappa shape index (κ1) is 14.2. The fraction of sp³-hybridized carbons (Fsp3) is 0.526. The number of H-pyrrole nitrogens is 1. The number of nitrogens with one attached hydrogen (secondary N) is 1. The van der Waals surface area contributed by atoms with E-state index in [1.807, 2.05) is 13.0 Å². The molecule has 0 saturated heterocycles. The minimum atomic E-state index is -0.188. The third-order valence-electron chi connectivity index (χ3n) is 6.02. The Bertz CT molecular complexity index is 817. The van der Waals surface area contributed by atoms with Gasteiger partial charge in [0, 0.05) is 30.3 Å². The van der Waals surface area contributed by atoms with Gasteiger partial charge in [0.25, 0.3) is 5.91 Å². The summed E-state index contributed by atoms with van der Waals surface area (Å²) in [7, 11) is 0. The zero-order chi connectivity index (χ0) is 16.3. The zero-order valence-corrected chi connectivity index (χ0v) is 14.0. The molecule has 3 heterocycles. The number of hydrogen-bond acceptors (Lipinski definition) is 3. The summed E-state index contributed by atoms with van der Waals surface area (Å²) in [5, 5.41) is 0. The highest BCUT2D eigenvalue weighted by Crippen LogP contribution is 2.49. The molecule has 1 N–H and O–H groups in total. The van der Waals surface area contributed by atoms with E-state index in [1.165, 1.54) is 18.5 Å². The van der Waals surface area contributed by atoms with Gasteiger partial charge in [-0.25, -0.2) is 4.98 Å². The molecule has 2 saturated carbocycles. The van der Waals surface area contributed by atoms with Crippen molar-refractivity contribution in [1.29, 1.82) is 0 Å². The van der Waals surface area contributed by atoms with Crippen molar-refractivity contribution in [1.82, 2.24) is 19.9 Å². The Labute approximate surface area is 141 Å². The van der Waals surface area contributed by atoms with Crippen LogP contribution in [0.4, 0.5) is 0 Å². The van der Waals surface area contributed by atoms with Crippen molar-refractivity contribution in [3.63, 3.8) is 0 Å². The van der Waals surface area contributed by atoms with Crippen LogP contribution in [0, 0.1) is 6.92 Å². The van der Waals surface area contributed by atoms with E-state index in [0.29, 0.717) is 5.92 Å². The van der Waals surface area contributed by atoms with Gasteiger partial charge in [0.05, 0.1) is 28.8 Å². The smallest absolute Gasteiger partial charge is 0.256 e. The maximum absolute atomic E-state index is 13.3. The van der Waals surface area contributed by atoms with E-state index in [-0.39, 0.29) is 11.4 Å². The van der Waals surface area contributed by atoms with E-state index in [4.69, 9.17) is 4.98 Å². The van der Waals surface area contributed by atoms with Crippen molar-refractivity contribution >= 4 is 5.91 Å². The van der Waals surface area contributed by atoms with E-state index >= 15 is 0 Å². The summed E-state index contributed by atoms with van der Waals surface area (Å²) in [5.41, 5.74) is 4.88. The van der Waals surface area contributed by atoms with Crippen LogP contribution in [-0.2, 0) is 12.0 Å². The summed E-state index contributed by atoms with van der Waals surface area (Å²) in [6.07, 6.45) is 8.29. The number of aromatic amines is 1. The van der Waals surface area contributed by atoms with Crippen molar-refractivity contribution in [2.75, 3.05) is 6.54 Å². The average Bonchev–Trinajstić information content (AvgIpc) is 3.29. The summed E-state index contributed by atoms with van der Waals surface area (Å²) in [6, 6.07) is 4.04. The van der Waals surface area contributed by atoms with Crippen molar-refractivity contribution in [2.24, 2.45) is 0 Å². The van der Waals surface area contributed by atoms with Gasteiger partial charge in [-0.2, -0.15) is 0 Å². The second kappa shape index (κ2) is 4.91. The molecule has 0 radical (unpaired) electrons. The van der Waals surface area contributed by atoms with Crippen LogP contribution in [0.15, 0.2) is 18.5 Å². The van der Waals surface area contributed by atoms with Crippen LogP contribution in [-0.4, -0.2) is 32.3 Å². The van der Waals surface area contributed by atoms with E-state index in [0.717, 1.165) is 54.9 Å². The maximum Gasteiger partial charge on any atom is 0.256 e. The molecule has 1 spiro atoms. The lowest BCUT2D eigenvalue weighted by molar-refractivity contribution is 0.00446. The van der Waals surface area contributed by atoms with E-state index < -0.39 is 0 Å². The molecule has 0 atom stereocenters. The predicted molar refractivity (Wildman–Crippen MR) is 89.8 cm³/mol. The van der Waals surface area contributed by atoms with Crippen LogP contribution in [0.25, 0.3) is 0 Å². The Balaban J connectivity index is 1.51. The summed E-state index contributed by atoms with van der Waals surface area (Å²) in [5.74, 6) is 0.739. The number of fused-ring (bicyclic) bond motifs is 2. The van der Waals surface area contributed by atoms with Gasteiger partial charge in [0.15, 0.2) is 0 Å². The molecule has 2 aromatic heterocycles. The SMILES string of the molecule is Cc1nc(C2CC2)ccc1C(=O)N1CCc2[nH]cnc2C12CCC2. The van der Waals surface area contributed by atoms with E-state index in [2.05, 4.69) is 20.9 Å². The topological polar surface area (TPSA) is 61.9 Å². The molecular weight excluding hydrogens is 300 g/mol. The molecule has 5 rings (SSSR count). The third-order valence-corrected chi connectivity index (χ3v) is 6.02. The van der Waals surface area contributed by atoms with E-state index in [9.17, 15) is 4.79 Å². The molecule has 5 nitrogen and oxygen atoms in total. The van der Waals surface area contributed by atoms with Crippen molar-refractivity contribution in [2.45, 2.75) is 56.9 Å². The van der Waals surface area contributed by atoms with Gasteiger partial charge in [-0.3, -0.25) is 9.78 Å². The Morgan fingerprint density at radius 2 is 2.17 bits per heavy atom. The first-order valence-electron chi connectivity index (χ1n) is 9.01. The summed E-state index contributed by atoms with van der Waals surface area (Å²) < 4.78 is 0. The van der Waals surface area contributed by atoms with Crippen molar-refractivity contribution in [3.8, 4) is 0 Å². The summed E-state index contributed by atoms with van der Waals surface area (Å²) in [4.78, 5) is 27.9. The number of amides is 1. The molecule has 3 aliphatic rings. The number of imidazole rings is 1. The van der Waals surface area contributed by atoms with E-state index in [1.54, 1.807) is 6.33 Å². The molecular formula is C19H22N4O. The molecule has 0 bridgehead atoms. The second-order valence-electron chi connectivity index (χ2n) is 7.46. The van der Waals surface area contributed by atoms with Gasteiger partial charge in [0.2, 0.25) is 0 Å². The number of nitrogens with zero attached hydrogens (tertiary/aromatic N) is 3. The number of aromatic nitrogens is 3. The molecule has 1 amide bonds. The minimum Gasteiger partial charge on any atom is -0.348 e. The Hall–Kier alpha value is -2.17. The molecule has 2 aromatic rings. The lowest BCUT2D eigenvalue weighted by Crippen LogP contribution is -2.57. The van der Waals surface area contributed by atoms with Crippen LogP contribution >= 0.6 is 0 Å². The molecule has 0 aromatic carbocycles. The number of aryl methyl sites for hydroxylation is 1. The summed E-state index contributed by atoms with van der Waals surface area (Å²) in [6.45, 7) is 2.73. The van der Waals surface area contributed by atoms with Gasteiger partial charge < -0.3 is 9.88 Å². The Kier molecular flexibility index (Phi) is 2.91. The zero-order valence-electron chi connectivity index (χ0n) is 14.0. The fourth-order valence-corrected chi connectivity index (χ4v) is 4.35. The monoisotopic (exact) mass is 322 g/mol. The highest BCUT2D eigenvalue weighted by molar-refractivity contribution is 5.96. The third kappa shape index (κ3) is 1.90. The number of rotatable bonds is 2. The molecule has 1 aliphatic heterocycles. The van der Waals surface area contributed by atoms with Crippen molar-refractivity contribution in [3.05, 3.63) is 46.8 Å². The second-order valence-corrected chi connectivity index (χ2v) is 7.46. The quantitative estimate of drug-likeness (QED) is 0.924. The normalized spacial score (nSPS) is 21.5. The average molecular weight is 322 g/mol. The van der Waals surface area contributed by atoms with Crippen LogP contribution < -0.4 is 0 Å². The lowest BCUT2D eigenvalue weighted by Gasteiger charge is -2.52. The standard InChI is InChI=1S/C19H22N4O/c1-12-14(5-6-15(22-12)13-3-4-13)18(24)23-10-7-16-17(21-11-20-16)19(23)8-2-9-19/h5-6,11,13H,2-4,7-10H2,1H3,(H,20,21). The van der Waals surface area contributed by atoms with Crippen LogP contribution in [0.3, 0.4) is 0 Å². The minimum absolute atomic E-state index is 0.121. The largest absolute Gasteiger partial charge is 0.348 e. The molecule has 24 heavy (non-hydrogen) atoms. The van der Waals surface area contributed by atoms with Crippen molar-refractivity contribution < 1.29 is 4.79 Å². The van der Waals surface area contributed by atoms with Crippen LogP contribution in [0.5, 0.6) is 0 Å². The molecule has 124 valence electrons. The Morgan fingerprint density at radius 1 is 1.33 bits per heavy atom. The summed E-state index contributed by atoms with van der Waals surface area (Å²) >= 11 is 0. The number of carbonyl (C=O) groups excluding carboxylic acids is 1. The maximum atomic E-state index is 13.3. The number of carbonyl (C=O) groups is 1. The molecule has 5 heteroatoms. The van der Waals surface area contributed by atoms with Gasteiger partial charge in [-0.15, -0.1) is 0 Å².